The van der Waals surface area contributed by atoms with Crippen molar-refractivity contribution < 1.29 is 9.21 Å². The van der Waals surface area contributed by atoms with Crippen LogP contribution in [0.15, 0.2) is 59.2 Å². The van der Waals surface area contributed by atoms with Crippen molar-refractivity contribution in [2.45, 2.75) is 27.7 Å². The first-order chi connectivity index (χ1) is 15.5. The lowest BCUT2D eigenvalue weighted by Crippen LogP contribution is -2.21. The van der Waals surface area contributed by atoms with E-state index in [-0.39, 0.29) is 5.91 Å². The van der Waals surface area contributed by atoms with Crippen molar-refractivity contribution in [3.63, 3.8) is 0 Å². The van der Waals surface area contributed by atoms with E-state index >= 15 is 0 Å². The van der Waals surface area contributed by atoms with Gasteiger partial charge in [-0.3, -0.25) is 4.79 Å². The van der Waals surface area contributed by atoms with Gasteiger partial charge in [0.1, 0.15) is 16.8 Å². The molecule has 0 bridgehead atoms. The Balaban J connectivity index is 1.59. The maximum atomic E-state index is 12.3. The van der Waals surface area contributed by atoms with Crippen molar-refractivity contribution in [3.05, 3.63) is 71.7 Å². The number of benzene rings is 2. The predicted octanol–water partition coefficient (Wildman–Crippen LogP) is 5.13. The second-order valence-corrected chi connectivity index (χ2v) is 7.63. The molecule has 0 atom stereocenters. The summed E-state index contributed by atoms with van der Waals surface area (Å²) >= 11 is 0. The average Bonchev–Trinajstić information content (AvgIpc) is 3.43. The minimum Gasteiger partial charge on any atom is -0.465 e. The molecular formula is C25H27N5O2. The lowest BCUT2D eigenvalue weighted by molar-refractivity contribution is -0.111. The highest BCUT2D eigenvalue weighted by Gasteiger charge is 2.12. The number of aryl methyl sites for hydroxylation is 2. The quantitative estimate of drug-likeness (QED) is 0.412. The standard InChI is InChI=1S/C25H27N5O2/c1-5-29(6-2)19-9-11-24(18(4)14-19)30-27-22-15-17(3)21(16-23(22)28-30)26-25(31)12-10-20-8-7-13-32-20/h7-16H,5-6H2,1-4H3,(H,26,31)/b12-10+. The third-order valence-electron chi connectivity index (χ3n) is 5.45. The maximum Gasteiger partial charge on any atom is 0.248 e. The van der Waals surface area contributed by atoms with Crippen LogP contribution < -0.4 is 10.2 Å². The molecule has 0 spiro atoms. The normalized spacial score (nSPS) is 11.4. The molecule has 2 aromatic carbocycles. The highest BCUT2D eigenvalue weighted by atomic mass is 16.3. The summed E-state index contributed by atoms with van der Waals surface area (Å²) in [5.41, 5.74) is 6.33. The van der Waals surface area contributed by atoms with Crippen molar-refractivity contribution >= 4 is 34.4 Å². The van der Waals surface area contributed by atoms with Crippen LogP contribution in [0.4, 0.5) is 11.4 Å². The molecule has 4 aromatic rings. The van der Waals surface area contributed by atoms with Gasteiger partial charge in [0.25, 0.3) is 0 Å². The van der Waals surface area contributed by atoms with E-state index in [2.05, 4.69) is 59.4 Å². The molecule has 0 saturated heterocycles. The van der Waals surface area contributed by atoms with Crippen molar-refractivity contribution in [2.75, 3.05) is 23.3 Å². The van der Waals surface area contributed by atoms with Crippen molar-refractivity contribution in [1.29, 1.82) is 0 Å². The second kappa shape index (κ2) is 9.09. The largest absolute Gasteiger partial charge is 0.465 e. The highest BCUT2D eigenvalue weighted by molar-refractivity contribution is 6.03. The second-order valence-electron chi connectivity index (χ2n) is 7.63. The molecule has 32 heavy (non-hydrogen) atoms. The zero-order valence-electron chi connectivity index (χ0n) is 18.8. The smallest absolute Gasteiger partial charge is 0.248 e. The Morgan fingerprint density at radius 3 is 2.47 bits per heavy atom. The van der Waals surface area contributed by atoms with E-state index in [1.807, 2.05) is 19.1 Å². The lowest BCUT2D eigenvalue weighted by atomic mass is 10.1. The van der Waals surface area contributed by atoms with Gasteiger partial charge in [-0.2, -0.15) is 4.80 Å². The first-order valence-corrected chi connectivity index (χ1v) is 10.7. The molecular weight excluding hydrogens is 402 g/mol. The van der Waals surface area contributed by atoms with E-state index in [1.54, 1.807) is 29.3 Å². The van der Waals surface area contributed by atoms with Crippen LogP contribution in [0.1, 0.15) is 30.7 Å². The Hall–Kier alpha value is -3.87. The summed E-state index contributed by atoms with van der Waals surface area (Å²) in [4.78, 5) is 16.3. The first-order valence-electron chi connectivity index (χ1n) is 10.7. The molecule has 7 heteroatoms. The van der Waals surface area contributed by atoms with Gasteiger partial charge in [0, 0.05) is 30.5 Å². The van der Waals surface area contributed by atoms with Crippen LogP contribution in [0.2, 0.25) is 0 Å². The number of fused-ring (bicyclic) bond motifs is 1. The summed E-state index contributed by atoms with van der Waals surface area (Å²) < 4.78 is 5.21. The van der Waals surface area contributed by atoms with Gasteiger partial charge in [-0.25, -0.2) is 0 Å². The Bertz CT molecular complexity index is 1270. The lowest BCUT2D eigenvalue weighted by Gasteiger charge is -2.22. The van der Waals surface area contributed by atoms with Gasteiger partial charge in [-0.15, -0.1) is 10.2 Å². The van der Waals surface area contributed by atoms with Crippen LogP contribution >= 0.6 is 0 Å². The Kier molecular flexibility index (Phi) is 6.07. The van der Waals surface area contributed by atoms with Gasteiger partial charge in [-0.1, -0.05) is 0 Å². The molecule has 4 rings (SSSR count). The number of aromatic nitrogens is 3. The molecule has 7 nitrogen and oxygen atoms in total. The van der Waals surface area contributed by atoms with Crippen molar-refractivity contribution in [1.82, 2.24) is 15.0 Å². The molecule has 2 heterocycles. The number of hydrogen-bond donors (Lipinski definition) is 1. The molecule has 2 aromatic heterocycles. The summed E-state index contributed by atoms with van der Waals surface area (Å²) in [6, 6.07) is 13.7. The molecule has 0 fully saturated rings. The summed E-state index contributed by atoms with van der Waals surface area (Å²) in [5.74, 6) is 0.386. The number of amides is 1. The number of hydrogen-bond acceptors (Lipinski definition) is 5. The molecule has 0 aliphatic heterocycles. The molecule has 0 unspecified atom stereocenters. The van der Waals surface area contributed by atoms with Gasteiger partial charge in [0.15, 0.2) is 0 Å². The molecule has 0 radical (unpaired) electrons. The summed E-state index contributed by atoms with van der Waals surface area (Å²) in [6.45, 7) is 10.2. The molecule has 164 valence electrons. The molecule has 0 saturated carbocycles. The molecule has 0 aliphatic carbocycles. The fourth-order valence-electron chi connectivity index (χ4n) is 3.68. The minimum atomic E-state index is -0.237. The molecule has 0 aliphatic rings. The number of anilines is 2. The zero-order chi connectivity index (χ0) is 22.7. The van der Waals surface area contributed by atoms with Gasteiger partial charge in [0.2, 0.25) is 5.91 Å². The average molecular weight is 430 g/mol. The SMILES string of the molecule is CCN(CC)c1ccc(-n2nc3cc(C)c(NC(=O)/C=C/c4ccco4)cc3n2)c(C)c1. The Morgan fingerprint density at radius 1 is 1.06 bits per heavy atom. The Labute approximate surface area is 187 Å². The van der Waals surface area contributed by atoms with Crippen molar-refractivity contribution in [2.24, 2.45) is 0 Å². The highest BCUT2D eigenvalue weighted by Crippen LogP contribution is 2.25. The van der Waals surface area contributed by atoms with E-state index in [1.165, 1.54) is 11.8 Å². The summed E-state index contributed by atoms with van der Waals surface area (Å²) in [6.07, 6.45) is 4.64. The number of nitrogens with one attached hydrogen (secondary N) is 1. The topological polar surface area (TPSA) is 76.2 Å². The van der Waals surface area contributed by atoms with Crippen LogP contribution in [-0.2, 0) is 4.79 Å². The monoisotopic (exact) mass is 429 g/mol. The van der Waals surface area contributed by atoms with Crippen LogP contribution in [0.5, 0.6) is 0 Å². The first kappa shape index (κ1) is 21.4. The van der Waals surface area contributed by atoms with Gasteiger partial charge in [-0.05, 0) is 87.4 Å². The Morgan fingerprint density at radius 2 is 1.81 bits per heavy atom. The van der Waals surface area contributed by atoms with Crippen LogP contribution in [0.25, 0.3) is 22.8 Å². The predicted molar refractivity (Wildman–Crippen MR) is 128 cm³/mol. The van der Waals surface area contributed by atoms with Gasteiger partial charge < -0.3 is 14.6 Å². The van der Waals surface area contributed by atoms with Crippen LogP contribution in [0, 0.1) is 13.8 Å². The maximum absolute atomic E-state index is 12.3. The third kappa shape index (κ3) is 4.42. The number of nitrogens with zero attached hydrogens (tertiary/aromatic N) is 4. The zero-order valence-corrected chi connectivity index (χ0v) is 18.8. The van der Waals surface area contributed by atoms with Gasteiger partial charge in [0.05, 0.1) is 12.0 Å². The van der Waals surface area contributed by atoms with E-state index < -0.39 is 0 Å². The molecule has 1 N–H and O–H groups in total. The number of rotatable bonds is 7. The van der Waals surface area contributed by atoms with E-state index in [9.17, 15) is 4.79 Å². The summed E-state index contributed by atoms with van der Waals surface area (Å²) in [7, 11) is 0. The van der Waals surface area contributed by atoms with Crippen LogP contribution in [-0.4, -0.2) is 34.0 Å². The number of carbonyl (C=O) groups is 1. The van der Waals surface area contributed by atoms with Crippen molar-refractivity contribution in [3.8, 4) is 5.69 Å². The van der Waals surface area contributed by atoms with E-state index in [0.29, 0.717) is 17.0 Å². The molecule has 1 amide bonds. The minimum absolute atomic E-state index is 0.237. The summed E-state index contributed by atoms with van der Waals surface area (Å²) in [5, 5.41) is 12.2. The fourth-order valence-corrected chi connectivity index (χ4v) is 3.68. The van der Waals surface area contributed by atoms with Gasteiger partial charge >= 0.3 is 0 Å². The van der Waals surface area contributed by atoms with E-state index in [4.69, 9.17) is 4.42 Å². The van der Waals surface area contributed by atoms with E-state index in [0.717, 1.165) is 35.4 Å². The van der Waals surface area contributed by atoms with Crippen LogP contribution in [0.3, 0.4) is 0 Å². The third-order valence-corrected chi connectivity index (χ3v) is 5.45. The fraction of sp³-hybridized carbons (Fsp3) is 0.240. The number of furan rings is 1. The number of carbonyl (C=O) groups excluding carboxylic acids is 1.